The second-order valence-electron chi connectivity index (χ2n) is 3.21. The van der Waals surface area contributed by atoms with Crippen molar-refractivity contribution < 1.29 is 37.5 Å². The maximum absolute atomic E-state index is 11.2. The van der Waals surface area contributed by atoms with Gasteiger partial charge in [-0.3, -0.25) is 11.8 Å². The van der Waals surface area contributed by atoms with Gasteiger partial charge in [-0.05, 0) is 25.9 Å². The number of hydrogen-bond donors (Lipinski definition) is 0. The van der Waals surface area contributed by atoms with Crippen molar-refractivity contribution in [3.05, 3.63) is 7.05 Å². The van der Waals surface area contributed by atoms with Crippen LogP contribution in [0.3, 0.4) is 0 Å². The number of ketones is 1. The molecule has 1 saturated heterocycles. The molecule has 1 heterocycles. The van der Waals surface area contributed by atoms with Crippen LogP contribution in [0.2, 0.25) is 0 Å². The van der Waals surface area contributed by atoms with Crippen molar-refractivity contribution in [1.29, 1.82) is 0 Å². The summed E-state index contributed by atoms with van der Waals surface area (Å²) in [5, 5.41) is 0. The Morgan fingerprint density at radius 2 is 2.00 bits per heavy atom. The molecule has 1 aliphatic heterocycles. The average molecular weight is 243 g/mol. The van der Waals surface area contributed by atoms with Gasteiger partial charge in [-0.1, -0.05) is 6.92 Å². The van der Waals surface area contributed by atoms with E-state index >= 15 is 0 Å². The molecule has 1 fully saturated rings. The second-order valence-corrected chi connectivity index (χ2v) is 3.21. The molecule has 0 N–H and O–H groups in total. The van der Waals surface area contributed by atoms with Gasteiger partial charge in [-0.25, -0.2) is 0 Å². The summed E-state index contributed by atoms with van der Waals surface area (Å²) in [4.78, 5) is 13.3. The minimum absolute atomic E-state index is 0. The Hall–Kier alpha value is 0.734. The molecule has 0 aliphatic carbocycles. The van der Waals surface area contributed by atoms with Crippen LogP contribution >= 0.6 is 0 Å². The van der Waals surface area contributed by atoms with Crippen molar-refractivity contribution in [2.75, 3.05) is 13.1 Å². The molecule has 2 nitrogen and oxygen atoms in total. The van der Waals surface area contributed by atoms with Crippen LogP contribution in [0.4, 0.5) is 0 Å². The number of likely N-dealkylation sites (tertiary alicyclic amines) is 1. The number of Topliss-reactive ketones (excluding diaryl/α,β-unsaturated/α-hetero) is 1. The van der Waals surface area contributed by atoms with Crippen LogP contribution in [0.5, 0.6) is 0 Å². The first kappa shape index (κ1) is 12.7. The molecule has 0 bridgehead atoms. The summed E-state index contributed by atoms with van der Waals surface area (Å²) >= 11 is 0. The number of carbonyl (C=O) groups is 1. The Morgan fingerprint density at radius 1 is 1.50 bits per heavy atom. The largest absolute Gasteiger partial charge is 0.459 e. The molecule has 1 aliphatic rings. The summed E-state index contributed by atoms with van der Waals surface area (Å²) in [5.41, 5.74) is 0. The third-order valence-electron chi connectivity index (χ3n) is 2.39. The Balaban J connectivity index is 0.00000121. The summed E-state index contributed by atoms with van der Waals surface area (Å²) < 4.78 is 0. The van der Waals surface area contributed by atoms with Gasteiger partial charge in [0, 0.05) is 45.0 Å². The minimum Gasteiger partial charge on any atom is -0.459 e. The molecule has 0 atom stereocenters. The normalized spacial score (nSPS) is 20.2. The summed E-state index contributed by atoms with van der Waals surface area (Å²) in [6, 6.07) is 0. The number of hydrogen-bond acceptors (Lipinski definition) is 2. The fourth-order valence-electron chi connectivity index (χ4n) is 1.54. The van der Waals surface area contributed by atoms with E-state index in [1.54, 1.807) is 0 Å². The van der Waals surface area contributed by atoms with E-state index < -0.39 is 0 Å². The van der Waals surface area contributed by atoms with Crippen molar-refractivity contribution in [3.63, 3.8) is 0 Å². The molecule has 0 aromatic carbocycles. The first-order chi connectivity index (χ1) is 5.24. The van der Waals surface area contributed by atoms with Gasteiger partial charge in [0.25, 0.3) is 0 Å². The SMILES string of the molecule is [CH2-]N1CCC(C(=O)CC)CC1.[Y]. The van der Waals surface area contributed by atoms with Crippen molar-refractivity contribution >= 4 is 5.78 Å². The molecular formula is C9H16NOY-. The average Bonchev–Trinajstić information content (AvgIpc) is 2.05. The van der Waals surface area contributed by atoms with E-state index in [0.717, 1.165) is 25.9 Å². The third-order valence-corrected chi connectivity index (χ3v) is 2.39. The topological polar surface area (TPSA) is 20.3 Å². The van der Waals surface area contributed by atoms with Gasteiger partial charge in [-0.15, -0.1) is 0 Å². The van der Waals surface area contributed by atoms with Crippen LogP contribution in [-0.2, 0) is 37.5 Å². The van der Waals surface area contributed by atoms with E-state index in [1.807, 2.05) is 11.8 Å². The maximum atomic E-state index is 11.2. The van der Waals surface area contributed by atoms with E-state index in [0.29, 0.717) is 18.1 Å². The van der Waals surface area contributed by atoms with Gasteiger partial charge in [0.15, 0.2) is 0 Å². The second kappa shape index (κ2) is 6.23. The molecule has 0 unspecified atom stereocenters. The molecule has 1 rings (SSSR count). The van der Waals surface area contributed by atoms with Gasteiger partial charge in [0.2, 0.25) is 0 Å². The van der Waals surface area contributed by atoms with E-state index in [4.69, 9.17) is 0 Å². The predicted octanol–water partition coefficient (Wildman–Crippen LogP) is 1.47. The number of carbonyl (C=O) groups excluding carboxylic acids is 1. The third kappa shape index (κ3) is 3.63. The standard InChI is InChI=1S/C9H16NO.Y/c1-3-9(11)8-4-6-10(2)7-5-8;/h8H,2-7H2,1H3;/q-1;. The van der Waals surface area contributed by atoms with Crippen molar-refractivity contribution in [1.82, 2.24) is 4.90 Å². The van der Waals surface area contributed by atoms with Crippen LogP contribution in [0, 0.1) is 13.0 Å². The summed E-state index contributed by atoms with van der Waals surface area (Å²) in [5.74, 6) is 0.760. The summed E-state index contributed by atoms with van der Waals surface area (Å²) in [6.07, 6.45) is 2.72. The number of piperidine rings is 1. The van der Waals surface area contributed by atoms with Crippen molar-refractivity contribution in [2.24, 2.45) is 5.92 Å². The zero-order valence-corrected chi connectivity index (χ0v) is 10.6. The minimum atomic E-state index is 0. The van der Waals surface area contributed by atoms with Crippen LogP contribution < -0.4 is 0 Å². The van der Waals surface area contributed by atoms with Gasteiger partial charge in [0.1, 0.15) is 5.78 Å². The van der Waals surface area contributed by atoms with Gasteiger partial charge >= 0.3 is 0 Å². The van der Waals surface area contributed by atoms with Crippen LogP contribution in [0.15, 0.2) is 0 Å². The van der Waals surface area contributed by atoms with Crippen molar-refractivity contribution in [3.8, 4) is 0 Å². The smallest absolute Gasteiger partial charge is 0.135 e. The molecule has 0 aromatic rings. The van der Waals surface area contributed by atoms with E-state index in [9.17, 15) is 4.79 Å². The molecule has 12 heavy (non-hydrogen) atoms. The predicted molar refractivity (Wildman–Crippen MR) is 45.0 cm³/mol. The zero-order valence-electron chi connectivity index (χ0n) is 7.75. The van der Waals surface area contributed by atoms with Crippen LogP contribution in [0.1, 0.15) is 26.2 Å². The fourth-order valence-corrected chi connectivity index (χ4v) is 1.54. The maximum Gasteiger partial charge on any atom is 0.135 e. The first-order valence-electron chi connectivity index (χ1n) is 4.32. The van der Waals surface area contributed by atoms with Gasteiger partial charge < -0.3 is 4.90 Å². The Bertz CT molecular complexity index is 141. The molecule has 0 aromatic heterocycles. The molecular weight excluding hydrogens is 227 g/mol. The molecule has 0 saturated carbocycles. The van der Waals surface area contributed by atoms with Gasteiger partial charge in [-0.2, -0.15) is 0 Å². The van der Waals surface area contributed by atoms with Crippen molar-refractivity contribution in [2.45, 2.75) is 26.2 Å². The van der Waals surface area contributed by atoms with Crippen LogP contribution in [-0.4, -0.2) is 23.8 Å². The molecule has 67 valence electrons. The fraction of sp³-hybridized carbons (Fsp3) is 0.778. The Labute approximate surface area is 100.0 Å². The first-order valence-corrected chi connectivity index (χ1v) is 4.32. The van der Waals surface area contributed by atoms with E-state index in [2.05, 4.69) is 7.05 Å². The Kier molecular flexibility index (Phi) is 6.61. The molecule has 3 heteroatoms. The molecule has 0 spiro atoms. The van der Waals surface area contributed by atoms with Crippen LogP contribution in [0.25, 0.3) is 0 Å². The van der Waals surface area contributed by atoms with E-state index in [-0.39, 0.29) is 32.7 Å². The zero-order chi connectivity index (χ0) is 8.27. The Morgan fingerprint density at radius 3 is 2.42 bits per heavy atom. The summed E-state index contributed by atoms with van der Waals surface area (Å²) in [6.45, 7) is 3.91. The summed E-state index contributed by atoms with van der Waals surface area (Å²) in [7, 11) is 3.84. The monoisotopic (exact) mass is 243 g/mol. The number of rotatable bonds is 2. The quantitative estimate of drug-likeness (QED) is 0.684. The molecule has 0 amide bonds. The number of nitrogens with zero attached hydrogens (tertiary/aromatic N) is 1. The van der Waals surface area contributed by atoms with E-state index in [1.165, 1.54) is 0 Å². The van der Waals surface area contributed by atoms with Gasteiger partial charge in [0.05, 0.1) is 0 Å². The molecule has 1 radical (unpaired) electrons.